The molecule has 3 aliphatic rings. The van der Waals surface area contributed by atoms with Crippen molar-refractivity contribution in [2.75, 3.05) is 26.2 Å². The SMILES string of the molecule is O=C(O)N1CC2CN(C3Cc4ccccc4C3)CC2C1. The maximum absolute atomic E-state index is 11.0. The number of amides is 1. The van der Waals surface area contributed by atoms with Crippen LogP contribution in [0.1, 0.15) is 11.1 Å². The Balaban J connectivity index is 1.41. The fourth-order valence-corrected chi connectivity index (χ4v) is 4.28. The molecule has 2 unspecified atom stereocenters. The van der Waals surface area contributed by atoms with Crippen molar-refractivity contribution < 1.29 is 9.90 Å². The Morgan fingerprint density at radius 1 is 1.00 bits per heavy atom. The molecule has 1 aromatic rings. The van der Waals surface area contributed by atoms with E-state index in [-0.39, 0.29) is 0 Å². The highest BCUT2D eigenvalue weighted by Crippen LogP contribution is 2.35. The van der Waals surface area contributed by atoms with E-state index in [1.54, 1.807) is 4.90 Å². The minimum Gasteiger partial charge on any atom is -0.465 e. The number of likely N-dealkylation sites (tertiary alicyclic amines) is 2. The molecule has 2 heterocycles. The van der Waals surface area contributed by atoms with Crippen LogP contribution in [0.3, 0.4) is 0 Å². The molecule has 0 bridgehead atoms. The van der Waals surface area contributed by atoms with E-state index in [0.717, 1.165) is 39.0 Å². The zero-order valence-corrected chi connectivity index (χ0v) is 11.5. The molecule has 2 atom stereocenters. The number of benzene rings is 1. The van der Waals surface area contributed by atoms with Gasteiger partial charge in [0.1, 0.15) is 0 Å². The third-order valence-electron chi connectivity index (χ3n) is 5.33. The summed E-state index contributed by atoms with van der Waals surface area (Å²) < 4.78 is 0. The van der Waals surface area contributed by atoms with Crippen molar-refractivity contribution in [3.8, 4) is 0 Å². The summed E-state index contributed by atoms with van der Waals surface area (Å²) in [5, 5.41) is 9.08. The second-order valence-corrected chi connectivity index (χ2v) is 6.49. The first-order valence-corrected chi connectivity index (χ1v) is 7.49. The summed E-state index contributed by atoms with van der Waals surface area (Å²) >= 11 is 0. The van der Waals surface area contributed by atoms with Gasteiger partial charge in [-0.05, 0) is 35.8 Å². The molecule has 1 aliphatic carbocycles. The first-order chi connectivity index (χ1) is 9.70. The predicted octanol–water partition coefficient (Wildman–Crippen LogP) is 1.70. The van der Waals surface area contributed by atoms with Crippen LogP contribution in [0.15, 0.2) is 24.3 Å². The van der Waals surface area contributed by atoms with Gasteiger partial charge in [0.2, 0.25) is 0 Å². The molecule has 2 fully saturated rings. The van der Waals surface area contributed by atoms with E-state index in [2.05, 4.69) is 29.2 Å². The van der Waals surface area contributed by atoms with Gasteiger partial charge in [-0.25, -0.2) is 4.79 Å². The first-order valence-electron chi connectivity index (χ1n) is 7.49. The van der Waals surface area contributed by atoms with Crippen LogP contribution >= 0.6 is 0 Å². The molecule has 0 saturated carbocycles. The summed E-state index contributed by atoms with van der Waals surface area (Å²) in [6.45, 7) is 3.62. The molecule has 0 spiro atoms. The van der Waals surface area contributed by atoms with Crippen LogP contribution in [-0.2, 0) is 12.8 Å². The summed E-state index contributed by atoms with van der Waals surface area (Å²) in [6, 6.07) is 9.39. The average Bonchev–Trinajstić information content (AvgIpc) is 3.09. The van der Waals surface area contributed by atoms with Crippen LogP contribution in [0.4, 0.5) is 4.79 Å². The minimum atomic E-state index is -0.751. The van der Waals surface area contributed by atoms with Gasteiger partial charge >= 0.3 is 6.09 Å². The highest BCUT2D eigenvalue weighted by Gasteiger charge is 2.44. The molecule has 4 heteroatoms. The molecule has 0 aromatic heterocycles. The van der Waals surface area contributed by atoms with Crippen molar-refractivity contribution in [1.82, 2.24) is 9.80 Å². The topological polar surface area (TPSA) is 43.8 Å². The van der Waals surface area contributed by atoms with Gasteiger partial charge in [-0.3, -0.25) is 4.90 Å². The second-order valence-electron chi connectivity index (χ2n) is 6.49. The quantitative estimate of drug-likeness (QED) is 0.846. The maximum atomic E-state index is 11.0. The lowest BCUT2D eigenvalue weighted by atomic mass is 10.0. The lowest BCUT2D eigenvalue weighted by molar-refractivity contribution is 0.146. The minimum absolute atomic E-state index is 0.551. The van der Waals surface area contributed by atoms with Gasteiger partial charge in [-0.2, -0.15) is 0 Å². The molecule has 1 aromatic carbocycles. The van der Waals surface area contributed by atoms with E-state index in [9.17, 15) is 4.79 Å². The number of carbonyl (C=O) groups is 1. The third-order valence-corrected chi connectivity index (χ3v) is 5.33. The Kier molecular flexibility index (Phi) is 2.74. The normalized spacial score (nSPS) is 29.7. The van der Waals surface area contributed by atoms with E-state index in [1.165, 1.54) is 11.1 Å². The second kappa shape index (κ2) is 4.48. The van der Waals surface area contributed by atoms with Crippen molar-refractivity contribution >= 4 is 6.09 Å². The molecule has 1 amide bonds. The molecule has 20 heavy (non-hydrogen) atoms. The van der Waals surface area contributed by atoms with Gasteiger partial charge in [0.05, 0.1) is 0 Å². The molecule has 0 radical (unpaired) electrons. The number of rotatable bonds is 1. The fraction of sp³-hybridized carbons (Fsp3) is 0.562. The Bertz CT molecular complexity index is 506. The molecule has 4 nitrogen and oxygen atoms in total. The molecule has 4 rings (SSSR count). The fourth-order valence-electron chi connectivity index (χ4n) is 4.28. The largest absolute Gasteiger partial charge is 0.465 e. The highest BCUT2D eigenvalue weighted by molar-refractivity contribution is 5.65. The Morgan fingerprint density at radius 2 is 1.55 bits per heavy atom. The molecular formula is C16H20N2O2. The van der Waals surface area contributed by atoms with Crippen molar-refractivity contribution in [2.24, 2.45) is 11.8 Å². The van der Waals surface area contributed by atoms with E-state index in [1.807, 2.05) is 0 Å². The Morgan fingerprint density at radius 3 is 2.05 bits per heavy atom. The smallest absolute Gasteiger partial charge is 0.407 e. The third kappa shape index (κ3) is 1.90. The molecule has 2 aliphatic heterocycles. The summed E-state index contributed by atoms with van der Waals surface area (Å²) in [5.41, 5.74) is 3.00. The van der Waals surface area contributed by atoms with Crippen LogP contribution in [0.2, 0.25) is 0 Å². The van der Waals surface area contributed by atoms with Gasteiger partial charge in [0.25, 0.3) is 0 Å². The van der Waals surface area contributed by atoms with Crippen molar-refractivity contribution in [1.29, 1.82) is 0 Å². The van der Waals surface area contributed by atoms with Gasteiger partial charge < -0.3 is 10.0 Å². The molecule has 106 valence electrons. The molecule has 1 N–H and O–H groups in total. The van der Waals surface area contributed by atoms with Crippen LogP contribution in [-0.4, -0.2) is 53.2 Å². The van der Waals surface area contributed by atoms with Gasteiger partial charge in [-0.1, -0.05) is 24.3 Å². The van der Waals surface area contributed by atoms with Gasteiger partial charge in [-0.15, -0.1) is 0 Å². The van der Waals surface area contributed by atoms with Crippen LogP contribution in [0.25, 0.3) is 0 Å². The molecular weight excluding hydrogens is 252 g/mol. The van der Waals surface area contributed by atoms with E-state index < -0.39 is 6.09 Å². The average molecular weight is 272 g/mol. The van der Waals surface area contributed by atoms with E-state index >= 15 is 0 Å². The number of nitrogens with zero attached hydrogens (tertiary/aromatic N) is 2. The zero-order chi connectivity index (χ0) is 13.7. The van der Waals surface area contributed by atoms with Crippen molar-refractivity contribution in [2.45, 2.75) is 18.9 Å². The maximum Gasteiger partial charge on any atom is 0.407 e. The Labute approximate surface area is 119 Å². The number of hydrogen-bond acceptors (Lipinski definition) is 2. The summed E-state index contributed by atoms with van der Waals surface area (Å²) in [4.78, 5) is 15.2. The van der Waals surface area contributed by atoms with Crippen LogP contribution in [0, 0.1) is 11.8 Å². The standard InChI is InChI=1S/C16H20N2O2/c19-16(20)18-9-13-7-17(8-14(13)10-18)15-5-11-3-1-2-4-12(11)6-15/h1-4,13-15H,5-10H2,(H,19,20). The Hall–Kier alpha value is -1.55. The lowest BCUT2D eigenvalue weighted by Crippen LogP contribution is -2.38. The van der Waals surface area contributed by atoms with Crippen molar-refractivity contribution in [3.05, 3.63) is 35.4 Å². The monoisotopic (exact) mass is 272 g/mol. The van der Waals surface area contributed by atoms with Crippen LogP contribution in [0.5, 0.6) is 0 Å². The van der Waals surface area contributed by atoms with Crippen LogP contribution < -0.4 is 0 Å². The lowest BCUT2D eigenvalue weighted by Gasteiger charge is -2.25. The number of hydrogen-bond donors (Lipinski definition) is 1. The summed E-state index contributed by atoms with van der Waals surface area (Å²) in [7, 11) is 0. The number of carboxylic acid groups (broad SMARTS) is 1. The summed E-state index contributed by atoms with van der Waals surface area (Å²) in [6.07, 6.45) is 1.58. The van der Waals surface area contributed by atoms with Gasteiger partial charge in [0.15, 0.2) is 0 Å². The zero-order valence-electron chi connectivity index (χ0n) is 11.5. The van der Waals surface area contributed by atoms with Gasteiger partial charge in [0, 0.05) is 32.2 Å². The van der Waals surface area contributed by atoms with Crippen molar-refractivity contribution in [3.63, 3.8) is 0 Å². The summed E-state index contributed by atoms with van der Waals surface area (Å²) in [5.74, 6) is 1.10. The number of fused-ring (bicyclic) bond motifs is 2. The predicted molar refractivity (Wildman–Crippen MR) is 75.8 cm³/mol. The van der Waals surface area contributed by atoms with E-state index in [4.69, 9.17) is 5.11 Å². The van der Waals surface area contributed by atoms with E-state index in [0.29, 0.717) is 17.9 Å². The first kappa shape index (κ1) is 12.2. The molecule has 2 saturated heterocycles. The highest BCUT2D eigenvalue weighted by atomic mass is 16.4.